The zero-order valence-corrected chi connectivity index (χ0v) is 11.9. The molecule has 0 heterocycles. The first-order chi connectivity index (χ1) is 11.3. The predicted molar refractivity (Wildman–Crippen MR) is 79.6 cm³/mol. The summed E-state index contributed by atoms with van der Waals surface area (Å²) < 4.78 is 37.7. The summed E-state index contributed by atoms with van der Waals surface area (Å²) in [7, 11) is 0. The second kappa shape index (κ2) is 6.90. The molecule has 0 aliphatic rings. The van der Waals surface area contributed by atoms with Crippen LogP contribution >= 0.6 is 0 Å². The van der Waals surface area contributed by atoms with E-state index >= 15 is 0 Å². The average molecular weight is 337 g/mol. The van der Waals surface area contributed by atoms with Gasteiger partial charge in [0.15, 0.2) is 0 Å². The van der Waals surface area contributed by atoms with Gasteiger partial charge in [0.2, 0.25) is 0 Å². The molecular weight excluding hydrogens is 327 g/mol. The van der Waals surface area contributed by atoms with Gasteiger partial charge in [0.25, 0.3) is 11.6 Å². The summed E-state index contributed by atoms with van der Waals surface area (Å²) in [5.74, 6) is -0.645. The lowest BCUT2D eigenvalue weighted by Gasteiger charge is -2.06. The summed E-state index contributed by atoms with van der Waals surface area (Å²) in [6, 6.07) is 9.24. The van der Waals surface area contributed by atoms with Gasteiger partial charge in [-0.05, 0) is 29.8 Å². The van der Waals surface area contributed by atoms with Crippen LogP contribution in [0.3, 0.4) is 0 Å². The average Bonchev–Trinajstić information content (AvgIpc) is 2.54. The van der Waals surface area contributed by atoms with Crippen molar-refractivity contribution in [1.29, 1.82) is 0 Å². The predicted octanol–water partition coefficient (Wildman–Crippen LogP) is 3.38. The fourth-order valence-electron chi connectivity index (χ4n) is 1.76. The SMILES string of the molecule is O=C(N/N=C/c1cccc(C(F)(F)F)c1)c1ccc([N+](=O)[O-])cc1. The molecule has 124 valence electrons. The van der Waals surface area contributed by atoms with Crippen LogP contribution in [0.1, 0.15) is 21.5 Å². The Kier molecular flexibility index (Phi) is 4.93. The number of carbonyl (C=O) groups is 1. The van der Waals surface area contributed by atoms with Gasteiger partial charge >= 0.3 is 6.18 Å². The van der Waals surface area contributed by atoms with Gasteiger partial charge in [-0.3, -0.25) is 14.9 Å². The van der Waals surface area contributed by atoms with Crippen LogP contribution in [0.2, 0.25) is 0 Å². The topological polar surface area (TPSA) is 84.6 Å². The van der Waals surface area contributed by atoms with Crippen LogP contribution in [0.15, 0.2) is 53.6 Å². The molecule has 24 heavy (non-hydrogen) atoms. The zero-order chi connectivity index (χ0) is 17.7. The molecule has 6 nitrogen and oxygen atoms in total. The fourth-order valence-corrected chi connectivity index (χ4v) is 1.76. The molecular formula is C15H10F3N3O3. The summed E-state index contributed by atoms with van der Waals surface area (Å²) in [6.07, 6.45) is -3.40. The molecule has 0 aromatic heterocycles. The monoisotopic (exact) mass is 337 g/mol. The molecule has 9 heteroatoms. The highest BCUT2D eigenvalue weighted by atomic mass is 19.4. The molecule has 0 bridgehead atoms. The number of alkyl halides is 3. The normalized spacial score (nSPS) is 11.5. The molecule has 0 saturated carbocycles. The Hall–Kier alpha value is -3.23. The second-order valence-corrected chi connectivity index (χ2v) is 4.63. The molecule has 1 amide bonds. The van der Waals surface area contributed by atoms with Crippen molar-refractivity contribution in [3.05, 3.63) is 75.3 Å². The summed E-state index contributed by atoms with van der Waals surface area (Å²) >= 11 is 0. The van der Waals surface area contributed by atoms with Gasteiger partial charge in [-0.2, -0.15) is 18.3 Å². The van der Waals surface area contributed by atoms with Crippen molar-refractivity contribution in [2.45, 2.75) is 6.18 Å². The molecule has 0 saturated heterocycles. The molecule has 2 aromatic carbocycles. The fraction of sp³-hybridized carbons (Fsp3) is 0.0667. The van der Waals surface area contributed by atoms with E-state index < -0.39 is 22.6 Å². The van der Waals surface area contributed by atoms with Gasteiger partial charge < -0.3 is 0 Å². The Bertz CT molecular complexity index is 787. The van der Waals surface area contributed by atoms with Gasteiger partial charge in [0.1, 0.15) is 0 Å². The summed E-state index contributed by atoms with van der Waals surface area (Å²) in [5, 5.41) is 14.1. The molecule has 2 aromatic rings. The third-order valence-electron chi connectivity index (χ3n) is 2.93. The molecule has 0 aliphatic carbocycles. The maximum absolute atomic E-state index is 12.6. The van der Waals surface area contributed by atoms with E-state index in [4.69, 9.17) is 0 Å². The van der Waals surface area contributed by atoms with Crippen LogP contribution in [0.5, 0.6) is 0 Å². The van der Waals surface area contributed by atoms with E-state index in [1.165, 1.54) is 24.3 Å². The van der Waals surface area contributed by atoms with Gasteiger partial charge in [0.05, 0.1) is 16.7 Å². The highest BCUT2D eigenvalue weighted by Crippen LogP contribution is 2.29. The van der Waals surface area contributed by atoms with Crippen molar-refractivity contribution in [3.63, 3.8) is 0 Å². The molecule has 0 radical (unpaired) electrons. The minimum absolute atomic E-state index is 0.127. The molecule has 0 aliphatic heterocycles. The Morgan fingerprint density at radius 1 is 1.17 bits per heavy atom. The number of halogens is 3. The molecule has 0 fully saturated rings. The zero-order valence-electron chi connectivity index (χ0n) is 11.9. The number of hydrazone groups is 1. The number of nitrogens with one attached hydrogen (secondary N) is 1. The third kappa shape index (κ3) is 4.38. The summed E-state index contributed by atoms with van der Waals surface area (Å²) in [5.41, 5.74) is 1.43. The Labute approximate surface area is 133 Å². The summed E-state index contributed by atoms with van der Waals surface area (Å²) in [4.78, 5) is 21.7. The number of benzene rings is 2. The number of carbonyl (C=O) groups excluding carboxylic acids is 1. The number of nitro groups is 1. The third-order valence-corrected chi connectivity index (χ3v) is 2.93. The molecule has 0 unspecified atom stereocenters. The van der Waals surface area contributed by atoms with Crippen LogP contribution < -0.4 is 5.43 Å². The van der Waals surface area contributed by atoms with Crippen molar-refractivity contribution in [3.8, 4) is 0 Å². The standard InChI is InChI=1S/C15H10F3N3O3/c16-15(17,18)12-3-1-2-10(8-12)9-19-20-14(22)11-4-6-13(7-5-11)21(23)24/h1-9H,(H,20,22)/b19-9+. The van der Waals surface area contributed by atoms with Gasteiger partial charge in [0, 0.05) is 17.7 Å². The number of hydrogen-bond acceptors (Lipinski definition) is 4. The smallest absolute Gasteiger partial charge is 0.267 e. The Morgan fingerprint density at radius 2 is 1.83 bits per heavy atom. The number of rotatable bonds is 4. The minimum Gasteiger partial charge on any atom is -0.267 e. The van der Waals surface area contributed by atoms with Crippen LogP contribution in [-0.4, -0.2) is 17.0 Å². The minimum atomic E-state index is -4.47. The highest BCUT2D eigenvalue weighted by Gasteiger charge is 2.30. The van der Waals surface area contributed by atoms with E-state index in [1.54, 1.807) is 0 Å². The van der Waals surface area contributed by atoms with Crippen LogP contribution in [0.4, 0.5) is 18.9 Å². The number of non-ortho nitro benzene ring substituents is 1. The number of amides is 1. The van der Waals surface area contributed by atoms with Crippen molar-refractivity contribution in [1.82, 2.24) is 5.43 Å². The first-order valence-electron chi connectivity index (χ1n) is 6.52. The number of nitrogens with zero attached hydrogens (tertiary/aromatic N) is 2. The van der Waals surface area contributed by atoms with Crippen LogP contribution in [-0.2, 0) is 6.18 Å². The van der Waals surface area contributed by atoms with Crippen molar-refractivity contribution < 1.29 is 22.9 Å². The van der Waals surface area contributed by atoms with Crippen molar-refractivity contribution in [2.75, 3.05) is 0 Å². The van der Waals surface area contributed by atoms with Gasteiger partial charge in [-0.1, -0.05) is 12.1 Å². The Balaban J connectivity index is 2.03. The summed E-state index contributed by atoms with van der Waals surface area (Å²) in [6.45, 7) is 0. The van der Waals surface area contributed by atoms with E-state index in [2.05, 4.69) is 10.5 Å². The maximum atomic E-state index is 12.6. The molecule has 0 spiro atoms. The first kappa shape index (κ1) is 17.1. The van der Waals surface area contributed by atoms with Crippen LogP contribution in [0.25, 0.3) is 0 Å². The van der Waals surface area contributed by atoms with E-state index in [0.717, 1.165) is 30.5 Å². The van der Waals surface area contributed by atoms with E-state index in [9.17, 15) is 28.1 Å². The number of nitro benzene ring substituents is 1. The molecule has 0 atom stereocenters. The number of hydrogen-bond donors (Lipinski definition) is 1. The maximum Gasteiger partial charge on any atom is 0.416 e. The quantitative estimate of drug-likeness (QED) is 0.527. The highest BCUT2D eigenvalue weighted by molar-refractivity contribution is 5.95. The van der Waals surface area contributed by atoms with Gasteiger partial charge in [-0.25, -0.2) is 5.43 Å². The van der Waals surface area contributed by atoms with E-state index in [0.29, 0.717) is 0 Å². The van der Waals surface area contributed by atoms with Crippen LogP contribution in [0, 0.1) is 10.1 Å². The van der Waals surface area contributed by atoms with Crippen molar-refractivity contribution in [2.24, 2.45) is 5.10 Å². The lowest BCUT2D eigenvalue weighted by atomic mass is 10.1. The lowest BCUT2D eigenvalue weighted by Crippen LogP contribution is -2.17. The second-order valence-electron chi connectivity index (χ2n) is 4.63. The van der Waals surface area contributed by atoms with E-state index in [1.807, 2.05) is 0 Å². The van der Waals surface area contributed by atoms with Crippen molar-refractivity contribution >= 4 is 17.8 Å². The molecule has 2 rings (SSSR count). The lowest BCUT2D eigenvalue weighted by molar-refractivity contribution is -0.384. The van der Waals surface area contributed by atoms with Gasteiger partial charge in [-0.15, -0.1) is 0 Å². The first-order valence-corrected chi connectivity index (χ1v) is 6.52. The Morgan fingerprint density at radius 3 is 2.42 bits per heavy atom. The molecule has 1 N–H and O–H groups in total. The largest absolute Gasteiger partial charge is 0.416 e. The van der Waals surface area contributed by atoms with E-state index in [-0.39, 0.29) is 16.8 Å².